The molecule has 0 rings (SSSR count). The quantitative estimate of drug-likeness (QED) is 0.265. The number of hydrogen-bond donors (Lipinski definition) is 1. The zero-order valence-electron chi connectivity index (χ0n) is 12.5. The van der Waals surface area contributed by atoms with E-state index in [-0.39, 0.29) is 6.61 Å². The highest BCUT2D eigenvalue weighted by Crippen LogP contribution is 2.15. The number of alkyl halides is 1. The standard InChI is InChI=1S/C13H19BrO3.C2H6/c1-5-11(7-6-8-14)12(15)17-9-13(4,16)10(2)3;1-2/h5-7,16H,2,8-9H2,1,3-4H3;1-2H3/b7-6-,11-5+;. The number of ether oxygens (including phenoxy) is 1. The number of esters is 1. The lowest BCUT2D eigenvalue weighted by Crippen LogP contribution is -2.33. The Labute approximate surface area is 125 Å². The van der Waals surface area contributed by atoms with Crippen LogP contribution in [0.15, 0.2) is 36.0 Å². The van der Waals surface area contributed by atoms with E-state index in [1.165, 1.54) is 0 Å². The van der Waals surface area contributed by atoms with Gasteiger partial charge < -0.3 is 9.84 Å². The molecule has 0 bridgehead atoms. The number of carbonyl (C=O) groups is 1. The maximum atomic E-state index is 11.7. The van der Waals surface area contributed by atoms with Crippen LogP contribution in [0.5, 0.6) is 0 Å². The molecule has 0 aromatic carbocycles. The molecule has 0 aliphatic rings. The van der Waals surface area contributed by atoms with Crippen LogP contribution in [0.25, 0.3) is 0 Å². The van der Waals surface area contributed by atoms with Gasteiger partial charge in [-0.3, -0.25) is 0 Å². The van der Waals surface area contributed by atoms with Crippen molar-refractivity contribution in [2.75, 3.05) is 11.9 Å². The van der Waals surface area contributed by atoms with Gasteiger partial charge in [-0.05, 0) is 26.3 Å². The third-order valence-corrected chi connectivity index (χ3v) is 2.71. The summed E-state index contributed by atoms with van der Waals surface area (Å²) in [5, 5.41) is 10.5. The molecule has 0 aliphatic carbocycles. The molecule has 0 fully saturated rings. The Morgan fingerprint density at radius 1 is 1.47 bits per heavy atom. The fourth-order valence-electron chi connectivity index (χ4n) is 0.866. The highest BCUT2D eigenvalue weighted by Gasteiger charge is 2.23. The van der Waals surface area contributed by atoms with Crippen LogP contribution in [0.4, 0.5) is 0 Å². The Hall–Kier alpha value is -0.870. The molecule has 1 unspecified atom stereocenters. The van der Waals surface area contributed by atoms with Crippen molar-refractivity contribution in [3.63, 3.8) is 0 Å². The van der Waals surface area contributed by atoms with Crippen molar-refractivity contribution in [3.8, 4) is 0 Å². The molecule has 0 amide bonds. The molecule has 0 saturated heterocycles. The summed E-state index contributed by atoms with van der Waals surface area (Å²) in [5.74, 6) is -0.453. The monoisotopic (exact) mass is 332 g/mol. The molecular weight excluding hydrogens is 308 g/mol. The summed E-state index contributed by atoms with van der Waals surface area (Å²) in [6, 6.07) is 0. The van der Waals surface area contributed by atoms with Crippen LogP contribution in [0.1, 0.15) is 34.6 Å². The van der Waals surface area contributed by atoms with E-state index in [2.05, 4.69) is 22.5 Å². The maximum absolute atomic E-state index is 11.7. The van der Waals surface area contributed by atoms with Crippen LogP contribution < -0.4 is 0 Å². The molecule has 0 spiro atoms. The molecule has 0 aromatic rings. The topological polar surface area (TPSA) is 46.5 Å². The molecular formula is C15H25BrO3. The van der Waals surface area contributed by atoms with Gasteiger partial charge in [0, 0.05) is 5.33 Å². The van der Waals surface area contributed by atoms with E-state index in [0.29, 0.717) is 16.5 Å². The number of allylic oxidation sites excluding steroid dienone is 2. The van der Waals surface area contributed by atoms with Crippen molar-refractivity contribution in [1.82, 2.24) is 0 Å². The Morgan fingerprint density at radius 2 is 2.00 bits per heavy atom. The van der Waals surface area contributed by atoms with Crippen LogP contribution in [0.2, 0.25) is 0 Å². The van der Waals surface area contributed by atoms with E-state index in [0.717, 1.165) is 0 Å². The van der Waals surface area contributed by atoms with Gasteiger partial charge in [-0.2, -0.15) is 0 Å². The Morgan fingerprint density at radius 3 is 2.37 bits per heavy atom. The Bertz CT molecular complexity index is 341. The van der Waals surface area contributed by atoms with Crippen molar-refractivity contribution in [3.05, 3.63) is 36.0 Å². The SMILES string of the molecule is C=C(C)C(C)(O)COC(=O)C(/C=C\CBr)=C/C.CC. The summed E-state index contributed by atoms with van der Waals surface area (Å²) in [6.45, 7) is 12.6. The number of aliphatic hydroxyl groups is 1. The highest BCUT2D eigenvalue weighted by molar-refractivity contribution is 9.09. The first-order valence-corrected chi connectivity index (χ1v) is 7.41. The van der Waals surface area contributed by atoms with Crippen molar-refractivity contribution in [2.45, 2.75) is 40.2 Å². The van der Waals surface area contributed by atoms with E-state index < -0.39 is 11.6 Å². The van der Waals surface area contributed by atoms with Gasteiger partial charge in [0.15, 0.2) is 0 Å². The second-order valence-corrected chi connectivity index (χ2v) is 4.58. The third kappa shape index (κ3) is 8.78. The van der Waals surface area contributed by atoms with Crippen molar-refractivity contribution < 1.29 is 14.6 Å². The Kier molecular flexibility index (Phi) is 11.8. The second-order valence-electron chi connectivity index (χ2n) is 3.93. The first-order chi connectivity index (χ1) is 8.85. The molecule has 19 heavy (non-hydrogen) atoms. The third-order valence-electron chi connectivity index (χ3n) is 2.34. The molecule has 1 atom stereocenters. The fraction of sp³-hybridized carbons (Fsp3) is 0.533. The van der Waals surface area contributed by atoms with E-state index in [9.17, 15) is 9.90 Å². The Balaban J connectivity index is 0. The van der Waals surface area contributed by atoms with Gasteiger partial charge in [0.1, 0.15) is 12.2 Å². The van der Waals surface area contributed by atoms with E-state index in [4.69, 9.17) is 4.74 Å². The lowest BCUT2D eigenvalue weighted by molar-refractivity contribution is -0.143. The first kappa shape index (κ1) is 20.4. The average molecular weight is 333 g/mol. The largest absolute Gasteiger partial charge is 0.459 e. The molecule has 4 heteroatoms. The predicted octanol–water partition coefficient (Wildman–Crippen LogP) is 3.78. The average Bonchev–Trinajstić information content (AvgIpc) is 2.39. The van der Waals surface area contributed by atoms with Crippen LogP contribution in [-0.4, -0.2) is 28.6 Å². The van der Waals surface area contributed by atoms with Crippen LogP contribution in [0.3, 0.4) is 0 Å². The molecule has 0 aromatic heterocycles. The minimum absolute atomic E-state index is 0.0966. The maximum Gasteiger partial charge on any atom is 0.337 e. The van der Waals surface area contributed by atoms with Gasteiger partial charge in [0.2, 0.25) is 0 Å². The molecule has 110 valence electrons. The van der Waals surface area contributed by atoms with Crippen molar-refractivity contribution >= 4 is 21.9 Å². The first-order valence-electron chi connectivity index (χ1n) is 6.29. The number of hydrogen-bond acceptors (Lipinski definition) is 3. The van der Waals surface area contributed by atoms with Gasteiger partial charge in [-0.15, -0.1) is 0 Å². The number of rotatable bonds is 6. The smallest absolute Gasteiger partial charge is 0.337 e. The normalized spacial score (nSPS) is 14.4. The van der Waals surface area contributed by atoms with Gasteiger partial charge in [-0.25, -0.2) is 4.79 Å². The van der Waals surface area contributed by atoms with Crippen molar-refractivity contribution in [1.29, 1.82) is 0 Å². The van der Waals surface area contributed by atoms with Gasteiger partial charge in [-0.1, -0.05) is 54.6 Å². The summed E-state index contributed by atoms with van der Waals surface area (Å²) in [4.78, 5) is 11.7. The highest BCUT2D eigenvalue weighted by atomic mass is 79.9. The van der Waals surface area contributed by atoms with Gasteiger partial charge >= 0.3 is 5.97 Å². The fourth-order valence-corrected chi connectivity index (χ4v) is 1.05. The zero-order valence-corrected chi connectivity index (χ0v) is 14.1. The van der Waals surface area contributed by atoms with E-state index >= 15 is 0 Å². The summed E-state index contributed by atoms with van der Waals surface area (Å²) < 4.78 is 5.03. The van der Waals surface area contributed by atoms with E-state index in [1.807, 2.05) is 13.8 Å². The molecule has 3 nitrogen and oxygen atoms in total. The minimum Gasteiger partial charge on any atom is -0.459 e. The molecule has 0 aliphatic heterocycles. The van der Waals surface area contributed by atoms with Gasteiger partial charge in [0.25, 0.3) is 0 Å². The summed E-state index contributed by atoms with van der Waals surface area (Å²) in [5.41, 5.74) is -0.168. The molecule has 0 heterocycles. The number of carbonyl (C=O) groups excluding carboxylic acids is 1. The second kappa shape index (κ2) is 11.0. The minimum atomic E-state index is -1.19. The zero-order chi connectivity index (χ0) is 15.5. The molecule has 1 N–H and O–H groups in total. The molecule has 0 saturated carbocycles. The number of halogens is 1. The lowest BCUT2D eigenvalue weighted by Gasteiger charge is -2.23. The van der Waals surface area contributed by atoms with Crippen LogP contribution >= 0.6 is 15.9 Å². The van der Waals surface area contributed by atoms with Gasteiger partial charge in [0.05, 0.1) is 5.57 Å². The molecule has 0 radical (unpaired) electrons. The summed E-state index contributed by atoms with van der Waals surface area (Å²) in [6.07, 6.45) is 5.14. The summed E-state index contributed by atoms with van der Waals surface area (Å²) in [7, 11) is 0. The summed E-state index contributed by atoms with van der Waals surface area (Å²) >= 11 is 3.23. The van der Waals surface area contributed by atoms with Crippen LogP contribution in [0, 0.1) is 0 Å². The van der Waals surface area contributed by atoms with Crippen molar-refractivity contribution in [2.24, 2.45) is 0 Å². The van der Waals surface area contributed by atoms with E-state index in [1.54, 1.807) is 39.0 Å². The van der Waals surface area contributed by atoms with Crippen LogP contribution in [-0.2, 0) is 9.53 Å². The predicted molar refractivity (Wildman–Crippen MR) is 84.4 cm³/mol. The lowest BCUT2D eigenvalue weighted by atomic mass is 10.0.